The van der Waals surface area contributed by atoms with E-state index in [1.54, 1.807) is 12.1 Å². The van der Waals surface area contributed by atoms with Crippen molar-refractivity contribution in [2.45, 2.75) is 25.3 Å². The first-order chi connectivity index (χ1) is 7.70. The zero-order valence-electron chi connectivity index (χ0n) is 9.45. The highest BCUT2D eigenvalue weighted by Crippen LogP contribution is 2.32. The molecule has 17 heavy (non-hydrogen) atoms. The molecule has 3 nitrogen and oxygen atoms in total. The van der Waals surface area contributed by atoms with Crippen molar-refractivity contribution in [1.82, 2.24) is 5.32 Å². The highest BCUT2D eigenvalue weighted by Gasteiger charge is 2.19. The Balaban J connectivity index is 0.00000144. The van der Waals surface area contributed by atoms with Crippen LogP contribution < -0.4 is 5.32 Å². The fourth-order valence-corrected chi connectivity index (χ4v) is 2.45. The number of hydrogen-bond donors (Lipinski definition) is 3. The van der Waals surface area contributed by atoms with E-state index in [4.69, 9.17) is 0 Å². The van der Waals surface area contributed by atoms with Gasteiger partial charge in [-0.2, -0.15) is 0 Å². The first-order valence-corrected chi connectivity index (χ1v) is 6.66. The number of benzene rings is 1. The third-order valence-corrected chi connectivity index (χ3v) is 3.45. The van der Waals surface area contributed by atoms with Gasteiger partial charge >= 0.3 is 0 Å². The van der Waals surface area contributed by atoms with Gasteiger partial charge in [-0.15, -0.1) is 17.0 Å². The maximum Gasteiger partial charge on any atom is 0.157 e. The average Bonchev–Trinajstić information content (AvgIpc) is 2.28. The lowest BCUT2D eigenvalue weighted by atomic mass is 9.88. The summed E-state index contributed by atoms with van der Waals surface area (Å²) in [6.45, 7) is 0.962. The number of hydrogen-bond acceptors (Lipinski definition) is 3. The Bertz CT molecular complexity index is 385. The van der Waals surface area contributed by atoms with E-state index in [0.29, 0.717) is 6.04 Å². The second kappa shape index (κ2) is 6.61. The SMILES string of the molecule is Br.Oc1cc2c(cc1O)CC(NCCBr)CC2. The lowest BCUT2D eigenvalue weighted by Crippen LogP contribution is -2.35. The first-order valence-electron chi connectivity index (χ1n) is 5.54. The van der Waals surface area contributed by atoms with Gasteiger partial charge in [-0.1, -0.05) is 15.9 Å². The van der Waals surface area contributed by atoms with Crippen molar-refractivity contribution in [3.63, 3.8) is 0 Å². The highest BCUT2D eigenvalue weighted by molar-refractivity contribution is 9.09. The van der Waals surface area contributed by atoms with Crippen LogP contribution >= 0.6 is 32.9 Å². The van der Waals surface area contributed by atoms with E-state index in [1.165, 1.54) is 0 Å². The molecule has 1 atom stereocenters. The van der Waals surface area contributed by atoms with Crippen molar-refractivity contribution >= 4 is 32.9 Å². The van der Waals surface area contributed by atoms with Crippen LogP contribution in [0.25, 0.3) is 0 Å². The number of fused-ring (bicyclic) bond motifs is 1. The van der Waals surface area contributed by atoms with Gasteiger partial charge in [0.15, 0.2) is 11.5 Å². The molecule has 0 saturated carbocycles. The molecule has 3 N–H and O–H groups in total. The predicted octanol–water partition coefficient (Wildman–Crippen LogP) is 2.52. The largest absolute Gasteiger partial charge is 0.504 e. The molecule has 0 bridgehead atoms. The maximum absolute atomic E-state index is 9.46. The zero-order chi connectivity index (χ0) is 11.5. The summed E-state index contributed by atoms with van der Waals surface area (Å²) < 4.78 is 0. The van der Waals surface area contributed by atoms with E-state index in [9.17, 15) is 10.2 Å². The highest BCUT2D eigenvalue weighted by atomic mass is 79.9. The summed E-state index contributed by atoms with van der Waals surface area (Å²) in [5.74, 6) is -0.0227. The van der Waals surface area contributed by atoms with Crippen molar-refractivity contribution in [2.75, 3.05) is 11.9 Å². The molecule has 1 aliphatic carbocycles. The number of nitrogens with one attached hydrogen (secondary N) is 1. The molecule has 0 aliphatic heterocycles. The summed E-state index contributed by atoms with van der Waals surface area (Å²) in [4.78, 5) is 0. The number of phenols is 2. The Kier molecular flexibility index (Phi) is 5.76. The monoisotopic (exact) mass is 365 g/mol. The smallest absolute Gasteiger partial charge is 0.157 e. The zero-order valence-corrected chi connectivity index (χ0v) is 12.7. The van der Waals surface area contributed by atoms with E-state index in [1.807, 2.05) is 0 Å². The molecule has 1 aromatic rings. The predicted molar refractivity (Wildman–Crippen MR) is 77.7 cm³/mol. The Labute approximate surface area is 120 Å². The van der Waals surface area contributed by atoms with Crippen LogP contribution in [0, 0.1) is 0 Å². The minimum Gasteiger partial charge on any atom is -0.504 e. The van der Waals surface area contributed by atoms with Crippen LogP contribution in [0.2, 0.25) is 0 Å². The Hall–Kier alpha value is -0.260. The number of aromatic hydroxyl groups is 2. The molecule has 0 heterocycles. The molecule has 5 heteroatoms. The second-order valence-electron chi connectivity index (χ2n) is 4.19. The van der Waals surface area contributed by atoms with Gasteiger partial charge in [0, 0.05) is 17.9 Å². The van der Waals surface area contributed by atoms with E-state index in [2.05, 4.69) is 21.2 Å². The summed E-state index contributed by atoms with van der Waals surface area (Å²) in [5.41, 5.74) is 2.31. The van der Waals surface area contributed by atoms with E-state index in [-0.39, 0.29) is 28.5 Å². The minimum absolute atomic E-state index is 0. The summed E-state index contributed by atoms with van der Waals surface area (Å²) in [5, 5.41) is 23.3. The van der Waals surface area contributed by atoms with Crippen molar-refractivity contribution in [1.29, 1.82) is 0 Å². The summed E-state index contributed by atoms with van der Waals surface area (Å²) in [6, 6.07) is 3.85. The van der Waals surface area contributed by atoms with E-state index in [0.717, 1.165) is 42.3 Å². The van der Waals surface area contributed by atoms with Crippen LogP contribution in [0.5, 0.6) is 11.5 Å². The van der Waals surface area contributed by atoms with Gasteiger partial charge in [0.25, 0.3) is 0 Å². The Morgan fingerprint density at radius 2 is 1.88 bits per heavy atom. The van der Waals surface area contributed by atoms with Crippen LogP contribution in [0.1, 0.15) is 17.5 Å². The fraction of sp³-hybridized carbons (Fsp3) is 0.500. The summed E-state index contributed by atoms with van der Waals surface area (Å²) in [6.07, 6.45) is 2.98. The maximum atomic E-state index is 9.46. The topological polar surface area (TPSA) is 52.5 Å². The van der Waals surface area contributed by atoms with Gasteiger partial charge < -0.3 is 15.5 Å². The first kappa shape index (κ1) is 14.8. The molecular weight excluding hydrogens is 350 g/mol. The fourth-order valence-electron chi connectivity index (χ4n) is 2.22. The van der Waals surface area contributed by atoms with Crippen LogP contribution in [-0.4, -0.2) is 28.1 Å². The lowest BCUT2D eigenvalue weighted by Gasteiger charge is -2.25. The quantitative estimate of drug-likeness (QED) is 0.569. The van der Waals surface area contributed by atoms with Crippen molar-refractivity contribution in [3.05, 3.63) is 23.3 Å². The summed E-state index contributed by atoms with van der Waals surface area (Å²) >= 11 is 3.39. The van der Waals surface area contributed by atoms with Gasteiger partial charge in [-0.05, 0) is 42.5 Å². The number of aryl methyl sites for hydroxylation is 1. The van der Waals surface area contributed by atoms with Gasteiger partial charge in [0.2, 0.25) is 0 Å². The van der Waals surface area contributed by atoms with Crippen molar-refractivity contribution < 1.29 is 10.2 Å². The lowest BCUT2D eigenvalue weighted by molar-refractivity contribution is 0.399. The third-order valence-electron chi connectivity index (χ3n) is 3.05. The normalized spacial score (nSPS) is 18.3. The standard InChI is InChI=1S/C12H16BrNO2.BrH/c13-3-4-14-10-2-1-8-6-11(15)12(16)7-9(8)5-10;/h6-7,10,14-16H,1-5H2;1H. The van der Waals surface area contributed by atoms with Gasteiger partial charge in [-0.25, -0.2) is 0 Å². The van der Waals surface area contributed by atoms with Gasteiger partial charge in [0.1, 0.15) is 0 Å². The van der Waals surface area contributed by atoms with Crippen LogP contribution in [0.4, 0.5) is 0 Å². The molecular formula is C12H17Br2NO2. The second-order valence-corrected chi connectivity index (χ2v) is 4.99. The Morgan fingerprint density at radius 3 is 2.53 bits per heavy atom. The van der Waals surface area contributed by atoms with Crippen LogP contribution in [-0.2, 0) is 12.8 Å². The molecule has 0 spiro atoms. The van der Waals surface area contributed by atoms with Gasteiger partial charge in [-0.3, -0.25) is 0 Å². The molecule has 2 rings (SSSR count). The Morgan fingerprint density at radius 1 is 1.24 bits per heavy atom. The number of halogens is 2. The average molecular weight is 367 g/mol. The molecule has 0 fully saturated rings. The molecule has 0 amide bonds. The molecule has 0 saturated heterocycles. The molecule has 1 unspecified atom stereocenters. The van der Waals surface area contributed by atoms with Crippen molar-refractivity contribution in [3.8, 4) is 11.5 Å². The number of alkyl halides is 1. The minimum atomic E-state index is -0.0140. The van der Waals surface area contributed by atoms with Crippen LogP contribution in [0.15, 0.2) is 12.1 Å². The molecule has 0 radical (unpaired) electrons. The van der Waals surface area contributed by atoms with E-state index >= 15 is 0 Å². The molecule has 0 aromatic heterocycles. The van der Waals surface area contributed by atoms with Gasteiger partial charge in [0.05, 0.1) is 0 Å². The van der Waals surface area contributed by atoms with Crippen molar-refractivity contribution in [2.24, 2.45) is 0 Å². The summed E-state index contributed by atoms with van der Waals surface area (Å²) in [7, 11) is 0. The van der Waals surface area contributed by atoms with E-state index < -0.39 is 0 Å². The number of phenolic OH excluding ortho intramolecular Hbond substituents is 2. The molecule has 96 valence electrons. The van der Waals surface area contributed by atoms with Crippen LogP contribution in [0.3, 0.4) is 0 Å². The molecule has 1 aromatic carbocycles. The number of rotatable bonds is 3. The molecule has 1 aliphatic rings. The third kappa shape index (κ3) is 3.60.